The lowest BCUT2D eigenvalue weighted by atomic mass is 10.2. The highest BCUT2D eigenvalue weighted by molar-refractivity contribution is 9.10. The normalized spacial score (nSPS) is 10.4. The Morgan fingerprint density at radius 1 is 1.29 bits per heavy atom. The number of halogens is 1. The van der Waals surface area contributed by atoms with Crippen LogP contribution in [0.25, 0.3) is 0 Å². The molecule has 0 unspecified atom stereocenters. The van der Waals surface area contributed by atoms with Crippen LogP contribution in [0, 0.1) is 6.92 Å². The van der Waals surface area contributed by atoms with E-state index < -0.39 is 0 Å². The maximum absolute atomic E-state index is 12.0. The quantitative estimate of drug-likeness (QED) is 0.844. The number of aryl methyl sites for hydroxylation is 2. The second-order valence-electron chi connectivity index (χ2n) is 4.83. The minimum atomic E-state index is -0.112. The molecule has 0 bridgehead atoms. The predicted octanol–water partition coefficient (Wildman–Crippen LogP) is 2.74. The largest absolute Gasteiger partial charge is 0.352 e. The predicted molar refractivity (Wildman–Crippen MR) is 86.5 cm³/mol. The number of nitrogens with one attached hydrogen (secondary N) is 1. The lowest BCUT2D eigenvalue weighted by molar-refractivity contribution is 0.0952. The Labute approximate surface area is 131 Å². The summed E-state index contributed by atoms with van der Waals surface area (Å²) in [6.45, 7) is 3.01. The third-order valence-electron chi connectivity index (χ3n) is 3.13. The Morgan fingerprint density at radius 2 is 2.05 bits per heavy atom. The van der Waals surface area contributed by atoms with Crippen LogP contribution in [0.15, 0.2) is 51.9 Å². The van der Waals surface area contributed by atoms with E-state index in [9.17, 15) is 9.59 Å². The SMILES string of the molecule is Cc1ccn(CCCNC(=O)c2ccccc2Br)c(=O)c1. The number of carbonyl (C=O) groups is 1. The van der Waals surface area contributed by atoms with Gasteiger partial charge in [0.05, 0.1) is 5.56 Å². The van der Waals surface area contributed by atoms with Crippen molar-refractivity contribution < 1.29 is 4.79 Å². The Kier molecular flexibility index (Phi) is 5.33. The summed E-state index contributed by atoms with van der Waals surface area (Å²) in [5.41, 5.74) is 1.57. The van der Waals surface area contributed by atoms with E-state index in [1.54, 1.807) is 22.9 Å². The average molecular weight is 349 g/mol. The smallest absolute Gasteiger partial charge is 0.252 e. The Balaban J connectivity index is 1.84. The molecule has 1 aromatic heterocycles. The number of amides is 1. The molecular formula is C16H17BrN2O2. The van der Waals surface area contributed by atoms with Crippen LogP contribution < -0.4 is 10.9 Å². The lowest BCUT2D eigenvalue weighted by Gasteiger charge is -2.08. The van der Waals surface area contributed by atoms with E-state index in [1.807, 2.05) is 31.2 Å². The van der Waals surface area contributed by atoms with Gasteiger partial charge in [-0.1, -0.05) is 12.1 Å². The van der Waals surface area contributed by atoms with Gasteiger partial charge >= 0.3 is 0 Å². The summed E-state index contributed by atoms with van der Waals surface area (Å²) in [5.74, 6) is -0.112. The monoisotopic (exact) mass is 348 g/mol. The zero-order chi connectivity index (χ0) is 15.2. The molecule has 0 fully saturated rings. The number of pyridine rings is 1. The van der Waals surface area contributed by atoms with Crippen molar-refractivity contribution in [3.8, 4) is 0 Å². The summed E-state index contributed by atoms with van der Waals surface area (Å²) in [5, 5.41) is 2.86. The average Bonchev–Trinajstić information content (AvgIpc) is 2.45. The van der Waals surface area contributed by atoms with Gasteiger partial charge in [-0.05, 0) is 53.0 Å². The second kappa shape index (κ2) is 7.22. The first-order valence-electron chi connectivity index (χ1n) is 6.78. The topological polar surface area (TPSA) is 51.1 Å². The van der Waals surface area contributed by atoms with Gasteiger partial charge in [-0.25, -0.2) is 0 Å². The molecule has 21 heavy (non-hydrogen) atoms. The van der Waals surface area contributed by atoms with Crippen molar-refractivity contribution in [1.82, 2.24) is 9.88 Å². The fourth-order valence-corrected chi connectivity index (χ4v) is 2.45. The van der Waals surface area contributed by atoms with Gasteiger partial charge in [0, 0.05) is 29.8 Å². The van der Waals surface area contributed by atoms with Gasteiger partial charge < -0.3 is 9.88 Å². The first-order chi connectivity index (χ1) is 10.1. The standard InChI is InChI=1S/C16H17BrN2O2/c1-12-7-10-19(15(20)11-12)9-4-8-18-16(21)13-5-2-3-6-14(13)17/h2-3,5-7,10-11H,4,8-9H2,1H3,(H,18,21). The minimum Gasteiger partial charge on any atom is -0.352 e. The summed E-state index contributed by atoms with van der Waals surface area (Å²) < 4.78 is 2.43. The van der Waals surface area contributed by atoms with Gasteiger partial charge in [-0.15, -0.1) is 0 Å². The minimum absolute atomic E-state index is 0.00729. The lowest BCUT2D eigenvalue weighted by Crippen LogP contribution is -2.27. The fraction of sp³-hybridized carbons (Fsp3) is 0.250. The van der Waals surface area contributed by atoms with Crippen molar-refractivity contribution in [2.45, 2.75) is 19.9 Å². The summed E-state index contributed by atoms with van der Waals surface area (Å²) in [7, 11) is 0. The summed E-state index contributed by atoms with van der Waals surface area (Å²) >= 11 is 3.35. The Morgan fingerprint density at radius 3 is 2.76 bits per heavy atom. The van der Waals surface area contributed by atoms with Crippen molar-refractivity contribution in [2.24, 2.45) is 0 Å². The molecule has 2 aromatic rings. The second-order valence-corrected chi connectivity index (χ2v) is 5.68. The van der Waals surface area contributed by atoms with Gasteiger partial charge in [-0.2, -0.15) is 0 Å². The third kappa shape index (κ3) is 4.29. The van der Waals surface area contributed by atoms with E-state index in [4.69, 9.17) is 0 Å². The highest BCUT2D eigenvalue weighted by atomic mass is 79.9. The molecule has 1 aromatic carbocycles. The van der Waals surface area contributed by atoms with Crippen molar-refractivity contribution in [3.05, 3.63) is 68.5 Å². The molecule has 0 aliphatic carbocycles. The molecule has 0 atom stereocenters. The van der Waals surface area contributed by atoms with Gasteiger partial charge in [-0.3, -0.25) is 9.59 Å². The molecule has 4 nitrogen and oxygen atoms in total. The zero-order valence-electron chi connectivity index (χ0n) is 11.8. The highest BCUT2D eigenvalue weighted by Gasteiger charge is 2.07. The molecular weight excluding hydrogens is 332 g/mol. The molecule has 2 rings (SSSR count). The Hall–Kier alpha value is -1.88. The molecule has 0 radical (unpaired) electrons. The van der Waals surface area contributed by atoms with Crippen molar-refractivity contribution in [1.29, 1.82) is 0 Å². The molecule has 0 saturated heterocycles. The number of benzene rings is 1. The van der Waals surface area contributed by atoms with Crippen molar-refractivity contribution >= 4 is 21.8 Å². The van der Waals surface area contributed by atoms with E-state index in [0.717, 1.165) is 10.0 Å². The third-order valence-corrected chi connectivity index (χ3v) is 3.82. The molecule has 1 heterocycles. The van der Waals surface area contributed by atoms with Crippen LogP contribution in [0.2, 0.25) is 0 Å². The van der Waals surface area contributed by atoms with Gasteiger partial charge in [0.1, 0.15) is 0 Å². The highest BCUT2D eigenvalue weighted by Crippen LogP contribution is 2.15. The number of rotatable bonds is 5. The first-order valence-corrected chi connectivity index (χ1v) is 7.57. The van der Waals surface area contributed by atoms with Crippen molar-refractivity contribution in [3.63, 3.8) is 0 Å². The van der Waals surface area contributed by atoms with E-state index in [1.165, 1.54) is 0 Å². The summed E-state index contributed by atoms with van der Waals surface area (Å²) in [4.78, 5) is 23.7. The molecule has 0 aliphatic rings. The summed E-state index contributed by atoms with van der Waals surface area (Å²) in [6, 6.07) is 10.8. The van der Waals surface area contributed by atoms with Gasteiger partial charge in [0.2, 0.25) is 0 Å². The van der Waals surface area contributed by atoms with Crippen LogP contribution >= 0.6 is 15.9 Å². The van der Waals surface area contributed by atoms with Gasteiger partial charge in [0.15, 0.2) is 0 Å². The van der Waals surface area contributed by atoms with Crippen LogP contribution in [0.4, 0.5) is 0 Å². The first kappa shape index (κ1) is 15.5. The number of hydrogen-bond donors (Lipinski definition) is 1. The molecule has 5 heteroatoms. The molecule has 0 saturated carbocycles. The van der Waals surface area contributed by atoms with E-state index in [2.05, 4.69) is 21.2 Å². The fourth-order valence-electron chi connectivity index (χ4n) is 1.98. The maximum Gasteiger partial charge on any atom is 0.252 e. The number of nitrogens with zero attached hydrogens (tertiary/aromatic N) is 1. The van der Waals surface area contributed by atoms with E-state index in [0.29, 0.717) is 25.1 Å². The van der Waals surface area contributed by atoms with Crippen molar-refractivity contribution in [2.75, 3.05) is 6.54 Å². The van der Waals surface area contributed by atoms with Crippen LogP contribution in [0.3, 0.4) is 0 Å². The van der Waals surface area contributed by atoms with Crippen LogP contribution in [0.5, 0.6) is 0 Å². The zero-order valence-corrected chi connectivity index (χ0v) is 13.4. The molecule has 110 valence electrons. The number of aromatic nitrogens is 1. The van der Waals surface area contributed by atoms with E-state index in [-0.39, 0.29) is 11.5 Å². The van der Waals surface area contributed by atoms with E-state index >= 15 is 0 Å². The van der Waals surface area contributed by atoms with Crippen LogP contribution in [-0.2, 0) is 6.54 Å². The molecule has 1 amide bonds. The van der Waals surface area contributed by atoms with Crippen LogP contribution in [0.1, 0.15) is 22.3 Å². The molecule has 0 spiro atoms. The Bertz CT molecular complexity index is 695. The number of hydrogen-bond acceptors (Lipinski definition) is 2. The van der Waals surface area contributed by atoms with Crippen LogP contribution in [-0.4, -0.2) is 17.0 Å². The number of carbonyl (C=O) groups excluding carboxylic acids is 1. The maximum atomic E-state index is 12.0. The molecule has 0 aliphatic heterocycles. The summed E-state index contributed by atoms with van der Waals surface area (Å²) in [6.07, 6.45) is 2.49. The molecule has 1 N–H and O–H groups in total. The van der Waals surface area contributed by atoms with Gasteiger partial charge in [0.25, 0.3) is 11.5 Å².